The van der Waals surface area contributed by atoms with Crippen molar-refractivity contribution in [3.05, 3.63) is 201 Å². The zero-order chi connectivity index (χ0) is 60.1. The van der Waals surface area contributed by atoms with Gasteiger partial charge in [0.05, 0.1) is 0 Å². The van der Waals surface area contributed by atoms with Crippen LogP contribution < -0.4 is 31.1 Å². The van der Waals surface area contributed by atoms with E-state index in [9.17, 15) is 0 Å². The number of rotatable bonds is 5. The number of fused-ring (bicyclic) bond motifs is 9. The van der Waals surface area contributed by atoms with Crippen LogP contribution in [0.5, 0.6) is 0 Å². The Kier molecular flexibility index (Phi) is 12.2. The van der Waals surface area contributed by atoms with E-state index in [2.05, 4.69) is 300 Å². The highest BCUT2D eigenvalue weighted by Crippen LogP contribution is 2.57. The molecule has 2 aliphatic heterocycles. The average molecular weight is 1110 g/mol. The molecule has 4 heteroatoms. The van der Waals surface area contributed by atoms with Gasteiger partial charge < -0.3 is 14.7 Å². The van der Waals surface area contributed by atoms with Crippen molar-refractivity contribution in [2.24, 2.45) is 0 Å². The maximum absolute atomic E-state index is 2.74. The maximum Gasteiger partial charge on any atom is 0.252 e. The van der Waals surface area contributed by atoms with E-state index in [4.69, 9.17) is 0 Å². The molecule has 430 valence electrons. The van der Waals surface area contributed by atoms with Gasteiger partial charge in [-0.2, -0.15) is 0 Å². The van der Waals surface area contributed by atoms with Crippen molar-refractivity contribution in [1.82, 2.24) is 0 Å². The molecule has 0 atom stereocenters. The summed E-state index contributed by atoms with van der Waals surface area (Å²) in [6, 6.07) is 56.6. The van der Waals surface area contributed by atoms with Gasteiger partial charge in [-0.05, 0) is 233 Å². The Hall–Kier alpha value is -6.78. The third-order valence-electron chi connectivity index (χ3n) is 21.1. The van der Waals surface area contributed by atoms with E-state index in [0.29, 0.717) is 0 Å². The molecule has 84 heavy (non-hydrogen) atoms. The molecule has 0 saturated heterocycles. The van der Waals surface area contributed by atoms with Crippen molar-refractivity contribution in [2.75, 3.05) is 14.7 Å². The summed E-state index contributed by atoms with van der Waals surface area (Å²) < 4.78 is 0. The number of nitrogens with zero attached hydrogens (tertiary/aromatic N) is 3. The van der Waals surface area contributed by atoms with Gasteiger partial charge in [-0.3, -0.25) is 0 Å². The number of benzene rings is 8. The molecule has 0 saturated carbocycles. The topological polar surface area (TPSA) is 9.72 Å². The molecular formula is C80H92BN3. The molecule has 0 spiro atoms. The Balaban J connectivity index is 1.11. The molecule has 0 unspecified atom stereocenters. The summed E-state index contributed by atoms with van der Waals surface area (Å²) in [5.41, 5.74) is 33.3. The first-order valence-electron chi connectivity index (χ1n) is 31.6. The highest BCUT2D eigenvalue weighted by atomic mass is 15.2. The molecule has 2 heterocycles. The van der Waals surface area contributed by atoms with E-state index in [-0.39, 0.29) is 50.0 Å². The summed E-state index contributed by atoms with van der Waals surface area (Å²) in [6.45, 7) is 50.3. The summed E-state index contributed by atoms with van der Waals surface area (Å²) >= 11 is 0. The monoisotopic (exact) mass is 1110 g/mol. The Bertz CT molecular complexity index is 3990. The molecule has 3 nitrogen and oxygen atoms in total. The van der Waals surface area contributed by atoms with Gasteiger partial charge in [0, 0.05) is 56.6 Å². The Labute approximate surface area is 506 Å². The van der Waals surface area contributed by atoms with Crippen LogP contribution in [-0.4, -0.2) is 6.71 Å². The second-order valence-corrected chi connectivity index (χ2v) is 32.7. The van der Waals surface area contributed by atoms with Crippen molar-refractivity contribution >= 4 is 74.3 Å². The zero-order valence-electron chi connectivity index (χ0n) is 54.8. The third-order valence-corrected chi connectivity index (χ3v) is 21.1. The molecular weight excluding hydrogens is 1010 g/mol. The Morgan fingerprint density at radius 3 is 1.44 bits per heavy atom. The lowest BCUT2D eigenvalue weighted by atomic mass is 9.33. The number of aryl methyl sites for hydroxylation is 2. The molecule has 0 amide bonds. The molecule has 0 radical (unpaired) electrons. The fourth-order valence-corrected chi connectivity index (χ4v) is 16.2. The maximum atomic E-state index is 2.74. The van der Waals surface area contributed by atoms with E-state index in [1.165, 1.54) is 136 Å². The van der Waals surface area contributed by atoms with E-state index >= 15 is 0 Å². The summed E-state index contributed by atoms with van der Waals surface area (Å²) in [5, 5.41) is 0. The van der Waals surface area contributed by atoms with Crippen molar-refractivity contribution in [3.63, 3.8) is 0 Å². The first kappa shape index (κ1) is 56.4. The highest BCUT2D eigenvalue weighted by molar-refractivity contribution is 7.00. The molecule has 8 aromatic carbocycles. The second kappa shape index (κ2) is 18.1. The van der Waals surface area contributed by atoms with Gasteiger partial charge in [0.2, 0.25) is 0 Å². The van der Waals surface area contributed by atoms with E-state index in [1.54, 1.807) is 0 Å². The largest absolute Gasteiger partial charge is 0.311 e. The van der Waals surface area contributed by atoms with Crippen LogP contribution >= 0.6 is 0 Å². The lowest BCUT2D eigenvalue weighted by Gasteiger charge is -2.46. The van der Waals surface area contributed by atoms with Gasteiger partial charge in [-0.25, -0.2) is 0 Å². The molecule has 0 aromatic heterocycles. The van der Waals surface area contributed by atoms with Crippen LogP contribution in [0, 0.1) is 13.8 Å². The highest BCUT2D eigenvalue weighted by Gasteiger charge is 2.49. The Morgan fingerprint density at radius 2 is 0.869 bits per heavy atom. The van der Waals surface area contributed by atoms with Crippen LogP contribution in [0.4, 0.5) is 51.2 Å². The van der Waals surface area contributed by atoms with E-state index in [0.717, 1.165) is 23.5 Å². The van der Waals surface area contributed by atoms with Gasteiger partial charge in [-0.15, -0.1) is 0 Å². The lowest BCUT2D eigenvalue weighted by molar-refractivity contribution is 0.332. The fourth-order valence-electron chi connectivity index (χ4n) is 16.2. The van der Waals surface area contributed by atoms with Crippen molar-refractivity contribution in [2.45, 2.75) is 208 Å². The summed E-state index contributed by atoms with van der Waals surface area (Å²) in [4.78, 5) is 7.91. The molecule has 5 aliphatic rings. The SMILES string of the molecule is Cc1cc2c3c(c1)N(c1cc4c(cc1C)C(C)(C)CCC4(C)C)c1cc4c(cc1B3c1ccc(N(c3ccc(C(C)(C)C)cc3)c3ccc(C(C)(C)C)cc3)cc1N2c1ccc2c(c1)-c1ccc(C(C)(C)C)cc1C2(C)C)C(C)(C)CC4(C)C. The lowest BCUT2D eigenvalue weighted by Crippen LogP contribution is -2.61. The fraction of sp³-hybridized carbons (Fsp3) is 0.400. The molecule has 3 aliphatic carbocycles. The van der Waals surface area contributed by atoms with Gasteiger partial charge in [0.1, 0.15) is 0 Å². The van der Waals surface area contributed by atoms with Crippen LogP contribution in [0.25, 0.3) is 11.1 Å². The summed E-state index contributed by atoms with van der Waals surface area (Å²) in [6.07, 6.45) is 3.46. The average Bonchev–Trinajstić information content (AvgIpc) is 1.02. The Morgan fingerprint density at radius 1 is 0.381 bits per heavy atom. The van der Waals surface area contributed by atoms with Crippen LogP contribution in [0.15, 0.2) is 140 Å². The smallest absolute Gasteiger partial charge is 0.252 e. The van der Waals surface area contributed by atoms with Crippen LogP contribution in [-0.2, 0) is 43.3 Å². The minimum absolute atomic E-state index is 0.00746. The van der Waals surface area contributed by atoms with Crippen LogP contribution in [0.2, 0.25) is 0 Å². The molecule has 0 N–H and O–H groups in total. The predicted molar refractivity (Wildman–Crippen MR) is 364 cm³/mol. The second-order valence-electron chi connectivity index (χ2n) is 32.7. The predicted octanol–water partition coefficient (Wildman–Crippen LogP) is 20.4. The molecule has 0 bridgehead atoms. The zero-order valence-corrected chi connectivity index (χ0v) is 54.8. The van der Waals surface area contributed by atoms with Gasteiger partial charge >= 0.3 is 0 Å². The van der Waals surface area contributed by atoms with Gasteiger partial charge in [0.15, 0.2) is 0 Å². The number of anilines is 9. The molecule has 0 fully saturated rings. The third kappa shape index (κ3) is 8.62. The van der Waals surface area contributed by atoms with E-state index < -0.39 is 0 Å². The number of hydrogen-bond donors (Lipinski definition) is 0. The summed E-state index contributed by atoms with van der Waals surface area (Å²) in [5.74, 6) is 0. The molecule has 8 aromatic rings. The first-order chi connectivity index (χ1) is 39.1. The van der Waals surface area contributed by atoms with Crippen LogP contribution in [0.3, 0.4) is 0 Å². The molecule has 13 rings (SSSR count). The minimum atomic E-state index is -0.153. The summed E-state index contributed by atoms with van der Waals surface area (Å²) in [7, 11) is 0. The minimum Gasteiger partial charge on any atom is -0.311 e. The normalized spacial score (nSPS) is 18.1. The van der Waals surface area contributed by atoms with Crippen LogP contribution in [0.1, 0.15) is 212 Å². The van der Waals surface area contributed by atoms with Crippen molar-refractivity contribution in [1.29, 1.82) is 0 Å². The van der Waals surface area contributed by atoms with Crippen molar-refractivity contribution < 1.29 is 0 Å². The van der Waals surface area contributed by atoms with Crippen molar-refractivity contribution in [3.8, 4) is 11.1 Å². The number of hydrogen-bond acceptors (Lipinski definition) is 3. The van der Waals surface area contributed by atoms with Gasteiger partial charge in [-0.1, -0.05) is 198 Å². The van der Waals surface area contributed by atoms with Gasteiger partial charge in [0.25, 0.3) is 6.71 Å². The van der Waals surface area contributed by atoms with E-state index in [1.807, 2.05) is 0 Å². The standard InChI is InChI=1S/C80H92BN3/c1-48-38-70-72-71(39-48)84(67-45-63-61(40-49(67)2)76(12,13)36-37-77(63,14)15)69-46-64-62(78(16,17)47-79(64,18)19)44-66(69)81(72)65-35-32-56(82(53-27-22-50(23-28-53)73(3,4)5)54-29-24-51(25-30-54)74(6,7)8)43-68(65)83(70)55-31-34-59-58(42-55)57-33-26-52(75(9,10)11)41-60(57)80(59,20)21/h22-35,38-46H,36-37,47H2,1-21H3. The first-order valence-corrected chi connectivity index (χ1v) is 31.6. The quantitative estimate of drug-likeness (QED) is 0.159.